The molecule has 3 aromatic rings. The lowest BCUT2D eigenvalue weighted by atomic mass is 9.93. The van der Waals surface area contributed by atoms with E-state index in [4.69, 9.17) is 0 Å². The Kier molecular flexibility index (Phi) is 7.07. The van der Waals surface area contributed by atoms with Crippen molar-refractivity contribution in [2.45, 2.75) is 18.2 Å². The molecule has 0 atom stereocenters. The number of nitrogens with one attached hydrogen (secondary N) is 2. The highest BCUT2D eigenvalue weighted by atomic mass is 32.2. The van der Waals surface area contributed by atoms with Gasteiger partial charge in [0.2, 0.25) is 5.78 Å². The number of nitrogens with zero attached hydrogens (tertiary/aromatic N) is 1. The molecule has 0 saturated heterocycles. The van der Waals surface area contributed by atoms with Crippen molar-refractivity contribution in [2.75, 3.05) is 11.9 Å². The monoisotopic (exact) mass is 509 g/mol. The van der Waals surface area contributed by atoms with Crippen molar-refractivity contribution >= 4 is 33.1 Å². The second kappa shape index (κ2) is 10.2. The Labute approximate surface area is 206 Å². The molecular formula is C26H21F2N3O4S. The van der Waals surface area contributed by atoms with E-state index < -0.39 is 21.7 Å². The Morgan fingerprint density at radius 2 is 1.61 bits per heavy atom. The molecule has 2 N–H and O–H groups in total. The van der Waals surface area contributed by atoms with Gasteiger partial charge in [-0.3, -0.25) is 9.59 Å². The second-order valence-electron chi connectivity index (χ2n) is 8.05. The number of rotatable bonds is 7. The standard InChI is InChI=1S/C26H21F2N3O4S/c1-16-6-9-18(10-7-16)36(34,35)31-25(30-17-8-11-21(27)22(28)14-17)12-13-29-23-15-24(32)19-4-2-3-5-20(19)26(23)33/h2-11,14-15,29H,12-13H2,1H3,(H,30,31). The molecule has 0 fully saturated rings. The van der Waals surface area contributed by atoms with Gasteiger partial charge in [-0.2, -0.15) is 8.42 Å². The van der Waals surface area contributed by atoms with Crippen molar-refractivity contribution in [3.05, 3.63) is 107 Å². The number of amidine groups is 1. The maximum Gasteiger partial charge on any atom is 0.283 e. The zero-order chi connectivity index (χ0) is 25.9. The van der Waals surface area contributed by atoms with E-state index in [0.717, 1.165) is 17.7 Å². The Hall–Kier alpha value is -4.18. The number of carbonyl (C=O) groups is 2. The van der Waals surface area contributed by atoms with Crippen LogP contribution in [0.25, 0.3) is 0 Å². The van der Waals surface area contributed by atoms with Gasteiger partial charge in [-0.05, 0) is 31.2 Å². The number of fused-ring (bicyclic) bond motifs is 1. The summed E-state index contributed by atoms with van der Waals surface area (Å²) in [6.07, 6.45) is 1.14. The molecule has 0 bridgehead atoms. The number of Topliss-reactive ketones (excluding diaryl/α,β-unsaturated/α-hetero) is 1. The van der Waals surface area contributed by atoms with Crippen molar-refractivity contribution < 1.29 is 26.8 Å². The van der Waals surface area contributed by atoms with Crippen molar-refractivity contribution in [3.8, 4) is 0 Å². The van der Waals surface area contributed by atoms with E-state index in [2.05, 4.69) is 15.0 Å². The molecule has 3 aromatic carbocycles. The second-order valence-corrected chi connectivity index (χ2v) is 9.66. The fourth-order valence-electron chi connectivity index (χ4n) is 3.54. The summed E-state index contributed by atoms with van der Waals surface area (Å²) in [6, 6.07) is 15.5. The smallest absolute Gasteiger partial charge is 0.283 e. The quantitative estimate of drug-likeness (QED) is 0.361. The topological polar surface area (TPSA) is 105 Å². The lowest BCUT2D eigenvalue weighted by Crippen LogP contribution is -2.29. The van der Waals surface area contributed by atoms with Gasteiger partial charge in [0.1, 0.15) is 5.84 Å². The molecule has 184 valence electrons. The minimum atomic E-state index is -4.14. The summed E-state index contributed by atoms with van der Waals surface area (Å²) in [4.78, 5) is 25.1. The van der Waals surface area contributed by atoms with Gasteiger partial charge in [0.25, 0.3) is 10.0 Å². The Bertz CT molecular complexity index is 1510. The number of benzene rings is 3. The van der Waals surface area contributed by atoms with E-state index >= 15 is 0 Å². The minimum absolute atomic E-state index is 0.0198. The third-order valence-electron chi connectivity index (χ3n) is 5.39. The number of carbonyl (C=O) groups excluding carboxylic acids is 2. The van der Waals surface area contributed by atoms with Crippen molar-refractivity contribution in [3.63, 3.8) is 0 Å². The van der Waals surface area contributed by atoms with Crippen LogP contribution in [0.2, 0.25) is 0 Å². The van der Waals surface area contributed by atoms with Gasteiger partial charge in [0.05, 0.1) is 10.6 Å². The first-order valence-electron chi connectivity index (χ1n) is 10.9. The number of hydrogen-bond acceptors (Lipinski definition) is 5. The van der Waals surface area contributed by atoms with Crippen LogP contribution in [0.3, 0.4) is 0 Å². The molecule has 0 unspecified atom stereocenters. The number of sulfonamides is 1. The van der Waals surface area contributed by atoms with Crippen LogP contribution in [0.15, 0.2) is 87.8 Å². The third-order valence-corrected chi connectivity index (χ3v) is 6.72. The zero-order valence-electron chi connectivity index (χ0n) is 19.1. The maximum atomic E-state index is 13.7. The van der Waals surface area contributed by atoms with Crippen molar-refractivity contribution in [1.29, 1.82) is 0 Å². The summed E-state index contributed by atoms with van der Waals surface area (Å²) in [5.74, 6) is -2.95. The highest BCUT2D eigenvalue weighted by Gasteiger charge is 2.25. The summed E-state index contributed by atoms with van der Waals surface area (Å²) in [7, 11) is -4.14. The molecular weight excluding hydrogens is 488 g/mol. The fourth-order valence-corrected chi connectivity index (χ4v) is 4.55. The van der Waals surface area contributed by atoms with E-state index in [1.807, 2.05) is 6.92 Å². The number of allylic oxidation sites excluding steroid dienone is 2. The van der Waals surface area contributed by atoms with Crippen LogP contribution in [-0.4, -0.2) is 32.4 Å². The van der Waals surface area contributed by atoms with Gasteiger partial charge >= 0.3 is 0 Å². The molecule has 0 aliphatic heterocycles. The zero-order valence-corrected chi connectivity index (χ0v) is 19.9. The lowest BCUT2D eigenvalue weighted by molar-refractivity contribution is 0.0978. The SMILES string of the molecule is Cc1ccc(S(=O)(=O)N=C(CCNC2=CC(=O)c3ccccc3C2=O)Nc2ccc(F)c(F)c2)cc1. The van der Waals surface area contributed by atoms with E-state index in [0.29, 0.717) is 5.56 Å². The van der Waals surface area contributed by atoms with Gasteiger partial charge in [0.15, 0.2) is 17.4 Å². The number of halogens is 2. The average Bonchev–Trinajstić information content (AvgIpc) is 2.84. The number of anilines is 1. The summed E-state index contributed by atoms with van der Waals surface area (Å²) >= 11 is 0. The van der Waals surface area contributed by atoms with Crippen molar-refractivity contribution in [1.82, 2.24) is 5.32 Å². The summed E-state index contributed by atoms with van der Waals surface area (Å²) in [6.45, 7) is 1.83. The van der Waals surface area contributed by atoms with Gasteiger partial charge in [-0.15, -0.1) is 4.40 Å². The Morgan fingerprint density at radius 3 is 2.31 bits per heavy atom. The number of aryl methyl sites for hydroxylation is 1. The fraction of sp³-hybridized carbons (Fsp3) is 0.115. The van der Waals surface area contributed by atoms with Gasteiger partial charge in [-0.25, -0.2) is 8.78 Å². The van der Waals surface area contributed by atoms with Crippen LogP contribution in [0.5, 0.6) is 0 Å². The molecule has 4 rings (SSSR count). The number of hydrogen-bond donors (Lipinski definition) is 2. The Morgan fingerprint density at radius 1 is 0.917 bits per heavy atom. The predicted octanol–water partition coefficient (Wildman–Crippen LogP) is 4.42. The van der Waals surface area contributed by atoms with Crippen LogP contribution in [0.1, 0.15) is 32.7 Å². The molecule has 0 heterocycles. The molecule has 10 heteroatoms. The summed E-state index contributed by atoms with van der Waals surface area (Å²) in [5, 5.41) is 5.56. The molecule has 1 aliphatic carbocycles. The third kappa shape index (κ3) is 5.55. The van der Waals surface area contributed by atoms with Gasteiger partial charge in [0, 0.05) is 41.9 Å². The summed E-state index contributed by atoms with van der Waals surface area (Å²) < 4.78 is 56.6. The van der Waals surface area contributed by atoms with Crippen molar-refractivity contribution in [2.24, 2.45) is 4.40 Å². The molecule has 0 amide bonds. The maximum absolute atomic E-state index is 13.7. The van der Waals surface area contributed by atoms with E-state index in [-0.39, 0.29) is 52.2 Å². The van der Waals surface area contributed by atoms with E-state index in [1.165, 1.54) is 24.3 Å². The average molecular weight is 510 g/mol. The van der Waals surface area contributed by atoms with Crippen LogP contribution in [-0.2, 0) is 10.0 Å². The highest BCUT2D eigenvalue weighted by molar-refractivity contribution is 7.90. The van der Waals surface area contributed by atoms with Gasteiger partial charge in [-0.1, -0.05) is 42.0 Å². The van der Waals surface area contributed by atoms with E-state index in [9.17, 15) is 26.8 Å². The molecule has 36 heavy (non-hydrogen) atoms. The summed E-state index contributed by atoms with van der Waals surface area (Å²) in [5.41, 5.74) is 1.59. The minimum Gasteiger partial charge on any atom is -0.381 e. The van der Waals surface area contributed by atoms with Gasteiger partial charge < -0.3 is 10.6 Å². The van der Waals surface area contributed by atoms with Crippen LogP contribution >= 0.6 is 0 Å². The molecule has 0 spiro atoms. The molecule has 0 saturated carbocycles. The van der Waals surface area contributed by atoms with Crippen LogP contribution in [0, 0.1) is 18.6 Å². The Balaban J connectivity index is 1.56. The van der Waals surface area contributed by atoms with Crippen LogP contribution < -0.4 is 10.6 Å². The molecule has 1 aliphatic rings. The number of ketones is 2. The molecule has 7 nitrogen and oxygen atoms in total. The lowest BCUT2D eigenvalue weighted by Gasteiger charge is -2.17. The largest absolute Gasteiger partial charge is 0.381 e. The normalized spacial score (nSPS) is 13.8. The first kappa shape index (κ1) is 24.9. The molecule has 0 aromatic heterocycles. The molecule has 0 radical (unpaired) electrons. The van der Waals surface area contributed by atoms with Crippen LogP contribution in [0.4, 0.5) is 14.5 Å². The van der Waals surface area contributed by atoms with E-state index in [1.54, 1.807) is 36.4 Å². The first-order valence-corrected chi connectivity index (χ1v) is 12.3. The predicted molar refractivity (Wildman–Crippen MR) is 132 cm³/mol. The first-order chi connectivity index (χ1) is 17.1. The highest BCUT2D eigenvalue weighted by Crippen LogP contribution is 2.20.